The second-order valence-electron chi connectivity index (χ2n) is 6.35. The van der Waals surface area contributed by atoms with E-state index in [1.54, 1.807) is 4.90 Å². The zero-order chi connectivity index (χ0) is 16.3. The summed E-state index contributed by atoms with van der Waals surface area (Å²) in [4.78, 5) is 25.3. The summed E-state index contributed by atoms with van der Waals surface area (Å²) in [5, 5.41) is 11.0. The van der Waals surface area contributed by atoms with Gasteiger partial charge >= 0.3 is 5.97 Å². The summed E-state index contributed by atoms with van der Waals surface area (Å²) in [6, 6.07) is 13.5. The molecule has 0 bridgehead atoms. The number of rotatable bonds is 4. The number of carboxylic acid groups (broad SMARTS) is 1. The zero-order valence-corrected chi connectivity index (χ0v) is 13.2. The van der Waals surface area contributed by atoms with Crippen LogP contribution >= 0.6 is 0 Å². The number of aliphatic carboxylic acids is 1. The highest BCUT2D eigenvalue weighted by molar-refractivity contribution is 6.05. The van der Waals surface area contributed by atoms with Crippen LogP contribution in [0.2, 0.25) is 0 Å². The number of anilines is 1. The molecule has 1 N–H and O–H groups in total. The van der Waals surface area contributed by atoms with E-state index < -0.39 is 11.4 Å². The fourth-order valence-electron chi connectivity index (χ4n) is 2.39. The monoisotopic (exact) mass is 299 g/mol. The van der Waals surface area contributed by atoms with Gasteiger partial charge in [0.2, 0.25) is 5.91 Å². The molecule has 0 aliphatic rings. The molecule has 0 heterocycles. The Morgan fingerprint density at radius 3 is 2.32 bits per heavy atom. The number of amides is 1. The van der Waals surface area contributed by atoms with Crippen molar-refractivity contribution in [3.8, 4) is 0 Å². The Kier molecular flexibility index (Phi) is 4.50. The van der Waals surface area contributed by atoms with E-state index in [1.165, 1.54) is 0 Å². The maximum absolute atomic E-state index is 12.8. The summed E-state index contributed by atoms with van der Waals surface area (Å²) in [5.74, 6) is -0.989. The van der Waals surface area contributed by atoms with Crippen LogP contribution in [-0.2, 0) is 9.59 Å². The largest absolute Gasteiger partial charge is 0.481 e. The minimum absolute atomic E-state index is 0.0783. The molecule has 0 spiro atoms. The van der Waals surface area contributed by atoms with E-state index in [0.29, 0.717) is 0 Å². The van der Waals surface area contributed by atoms with Crippen LogP contribution in [0.1, 0.15) is 27.2 Å². The first-order chi connectivity index (χ1) is 10.3. The molecule has 2 aromatic rings. The standard InChI is InChI=1S/C18H21NO3/c1-18(2,3)17(22)19(12-11-16(20)21)15-10-6-8-13-7-4-5-9-14(13)15/h4-10H,11-12H2,1-3H3,(H,20,21). The smallest absolute Gasteiger partial charge is 0.305 e. The average molecular weight is 299 g/mol. The Hall–Kier alpha value is -2.36. The van der Waals surface area contributed by atoms with Gasteiger partial charge in [0, 0.05) is 17.3 Å². The van der Waals surface area contributed by atoms with Crippen molar-refractivity contribution < 1.29 is 14.7 Å². The van der Waals surface area contributed by atoms with Crippen LogP contribution < -0.4 is 4.90 Å². The number of fused-ring (bicyclic) bond motifs is 1. The van der Waals surface area contributed by atoms with Crippen LogP contribution in [0.3, 0.4) is 0 Å². The lowest BCUT2D eigenvalue weighted by molar-refractivity contribution is -0.136. The van der Waals surface area contributed by atoms with Gasteiger partial charge in [-0.3, -0.25) is 9.59 Å². The third-order valence-corrected chi connectivity index (χ3v) is 3.49. The van der Waals surface area contributed by atoms with E-state index in [0.717, 1.165) is 16.5 Å². The van der Waals surface area contributed by atoms with Crippen molar-refractivity contribution in [2.24, 2.45) is 5.41 Å². The van der Waals surface area contributed by atoms with Gasteiger partial charge in [0.15, 0.2) is 0 Å². The summed E-state index contributed by atoms with van der Waals surface area (Å²) in [5.41, 5.74) is 0.189. The highest BCUT2D eigenvalue weighted by atomic mass is 16.4. The van der Waals surface area contributed by atoms with Gasteiger partial charge in [0.1, 0.15) is 0 Å². The van der Waals surface area contributed by atoms with Crippen molar-refractivity contribution in [1.29, 1.82) is 0 Å². The number of nitrogens with zero attached hydrogens (tertiary/aromatic N) is 1. The molecule has 2 rings (SSSR count). The quantitative estimate of drug-likeness (QED) is 0.936. The van der Waals surface area contributed by atoms with Crippen LogP contribution in [-0.4, -0.2) is 23.5 Å². The molecule has 4 nitrogen and oxygen atoms in total. The minimum Gasteiger partial charge on any atom is -0.481 e. The Morgan fingerprint density at radius 1 is 1.05 bits per heavy atom. The molecule has 1 amide bonds. The molecule has 22 heavy (non-hydrogen) atoms. The number of hydrogen-bond acceptors (Lipinski definition) is 2. The van der Waals surface area contributed by atoms with Crippen LogP contribution in [0.25, 0.3) is 10.8 Å². The molecular weight excluding hydrogens is 278 g/mol. The molecule has 0 fully saturated rings. The van der Waals surface area contributed by atoms with Gasteiger partial charge in [-0.2, -0.15) is 0 Å². The number of hydrogen-bond donors (Lipinski definition) is 1. The Bertz CT molecular complexity index is 696. The van der Waals surface area contributed by atoms with Crippen molar-refractivity contribution in [1.82, 2.24) is 0 Å². The van der Waals surface area contributed by atoms with Gasteiger partial charge < -0.3 is 10.0 Å². The first kappa shape index (κ1) is 16.0. The molecular formula is C18H21NO3. The summed E-state index contributed by atoms with van der Waals surface area (Å²) in [6.45, 7) is 5.69. The van der Waals surface area contributed by atoms with Crippen molar-refractivity contribution in [3.63, 3.8) is 0 Å². The highest BCUT2D eigenvalue weighted by Crippen LogP contribution is 2.30. The van der Waals surface area contributed by atoms with Gasteiger partial charge in [-0.25, -0.2) is 0 Å². The predicted octanol–water partition coefficient (Wildman–Crippen LogP) is 3.69. The number of carbonyl (C=O) groups excluding carboxylic acids is 1. The predicted molar refractivity (Wildman–Crippen MR) is 88.0 cm³/mol. The number of benzene rings is 2. The summed E-state index contributed by atoms with van der Waals surface area (Å²) < 4.78 is 0. The lowest BCUT2D eigenvalue weighted by Gasteiger charge is -2.30. The summed E-state index contributed by atoms with van der Waals surface area (Å²) in [6.07, 6.45) is -0.0783. The maximum Gasteiger partial charge on any atom is 0.305 e. The first-order valence-electron chi connectivity index (χ1n) is 7.32. The van der Waals surface area contributed by atoms with E-state index >= 15 is 0 Å². The highest BCUT2D eigenvalue weighted by Gasteiger charge is 2.29. The first-order valence-corrected chi connectivity index (χ1v) is 7.32. The van der Waals surface area contributed by atoms with Crippen molar-refractivity contribution >= 4 is 28.3 Å². The molecule has 0 saturated heterocycles. The van der Waals surface area contributed by atoms with Gasteiger partial charge in [0.05, 0.1) is 12.1 Å². The number of carbonyl (C=O) groups is 2. The Labute approximate surface area is 130 Å². The van der Waals surface area contributed by atoms with E-state index in [2.05, 4.69) is 0 Å². The molecule has 0 aromatic heterocycles. The maximum atomic E-state index is 12.8. The lowest BCUT2D eigenvalue weighted by atomic mass is 9.93. The fourth-order valence-corrected chi connectivity index (χ4v) is 2.39. The molecule has 0 aliphatic heterocycles. The normalized spacial score (nSPS) is 11.4. The molecule has 0 atom stereocenters. The Balaban J connectivity index is 2.51. The van der Waals surface area contributed by atoms with Gasteiger partial charge in [0.25, 0.3) is 0 Å². The summed E-state index contributed by atoms with van der Waals surface area (Å²) in [7, 11) is 0. The average Bonchev–Trinajstić information content (AvgIpc) is 2.46. The van der Waals surface area contributed by atoms with E-state index in [9.17, 15) is 9.59 Å². The SMILES string of the molecule is CC(C)(C)C(=O)N(CCC(=O)O)c1cccc2ccccc12. The van der Waals surface area contributed by atoms with Crippen LogP contribution in [0.4, 0.5) is 5.69 Å². The molecule has 116 valence electrons. The van der Waals surface area contributed by atoms with Crippen LogP contribution in [0.5, 0.6) is 0 Å². The molecule has 0 unspecified atom stereocenters. The van der Waals surface area contributed by atoms with Gasteiger partial charge in [-0.05, 0) is 11.5 Å². The topological polar surface area (TPSA) is 57.6 Å². The second-order valence-corrected chi connectivity index (χ2v) is 6.35. The van der Waals surface area contributed by atoms with E-state index in [1.807, 2.05) is 63.2 Å². The number of carboxylic acids is 1. The lowest BCUT2D eigenvalue weighted by Crippen LogP contribution is -2.41. The zero-order valence-electron chi connectivity index (χ0n) is 13.2. The van der Waals surface area contributed by atoms with Gasteiger partial charge in [-0.15, -0.1) is 0 Å². The van der Waals surface area contributed by atoms with Crippen LogP contribution in [0.15, 0.2) is 42.5 Å². The molecule has 4 heteroatoms. The second kappa shape index (κ2) is 6.18. The van der Waals surface area contributed by atoms with E-state index in [-0.39, 0.29) is 18.9 Å². The fraction of sp³-hybridized carbons (Fsp3) is 0.333. The third kappa shape index (κ3) is 3.45. The van der Waals surface area contributed by atoms with Crippen molar-refractivity contribution in [2.45, 2.75) is 27.2 Å². The van der Waals surface area contributed by atoms with Crippen molar-refractivity contribution in [2.75, 3.05) is 11.4 Å². The van der Waals surface area contributed by atoms with Gasteiger partial charge in [-0.1, -0.05) is 57.2 Å². The summed E-state index contributed by atoms with van der Waals surface area (Å²) >= 11 is 0. The van der Waals surface area contributed by atoms with Crippen LogP contribution in [0, 0.1) is 5.41 Å². The third-order valence-electron chi connectivity index (χ3n) is 3.49. The Morgan fingerprint density at radius 2 is 1.68 bits per heavy atom. The van der Waals surface area contributed by atoms with Crippen molar-refractivity contribution in [3.05, 3.63) is 42.5 Å². The van der Waals surface area contributed by atoms with E-state index in [4.69, 9.17) is 5.11 Å². The molecule has 0 aliphatic carbocycles. The minimum atomic E-state index is -0.910. The molecule has 0 saturated carbocycles. The molecule has 0 radical (unpaired) electrons. The molecule has 2 aromatic carbocycles.